The van der Waals surface area contributed by atoms with E-state index in [-0.39, 0.29) is 0 Å². The number of hydrogen-bond donors (Lipinski definition) is 1. The quantitative estimate of drug-likeness (QED) is 0.813. The molecule has 0 aromatic carbocycles. The van der Waals surface area contributed by atoms with Gasteiger partial charge >= 0.3 is 0 Å². The molecular formula is C18H37N3. The molecule has 2 rings (SSSR count). The lowest BCUT2D eigenvalue weighted by Gasteiger charge is -2.38. The maximum absolute atomic E-state index is 3.82. The van der Waals surface area contributed by atoms with Gasteiger partial charge in [-0.25, -0.2) is 0 Å². The van der Waals surface area contributed by atoms with Crippen LogP contribution in [0.2, 0.25) is 0 Å². The zero-order valence-electron chi connectivity index (χ0n) is 14.6. The molecule has 0 amide bonds. The van der Waals surface area contributed by atoms with Crippen LogP contribution in [0.3, 0.4) is 0 Å². The second kappa shape index (κ2) is 9.12. The van der Waals surface area contributed by atoms with Crippen molar-refractivity contribution in [2.24, 2.45) is 5.92 Å². The van der Waals surface area contributed by atoms with Gasteiger partial charge in [0.15, 0.2) is 0 Å². The standard InChI is InChI=1S/C18H37N3/c1-4-17-14-20(3)12-9-13-21(17)15-18(19-5-2)16-10-7-6-8-11-16/h16-19H,4-15H2,1-3H3. The Hall–Kier alpha value is -0.120. The molecule has 1 aliphatic heterocycles. The van der Waals surface area contributed by atoms with Crippen molar-refractivity contribution in [1.82, 2.24) is 15.1 Å². The van der Waals surface area contributed by atoms with E-state index in [2.05, 4.69) is 36.0 Å². The Kier molecular flexibility index (Phi) is 7.48. The summed E-state index contributed by atoms with van der Waals surface area (Å²) in [4.78, 5) is 5.32. The number of rotatable bonds is 6. The topological polar surface area (TPSA) is 18.5 Å². The minimum atomic E-state index is 0.716. The normalized spacial score (nSPS) is 28.4. The predicted octanol–water partition coefficient (Wildman–Crippen LogP) is 2.96. The molecule has 21 heavy (non-hydrogen) atoms. The van der Waals surface area contributed by atoms with Crippen LogP contribution in [0.4, 0.5) is 0 Å². The molecule has 3 heteroatoms. The van der Waals surface area contributed by atoms with Crippen LogP contribution >= 0.6 is 0 Å². The zero-order valence-corrected chi connectivity index (χ0v) is 14.6. The van der Waals surface area contributed by atoms with Crippen molar-refractivity contribution < 1.29 is 0 Å². The fourth-order valence-electron chi connectivity index (χ4n) is 4.35. The molecule has 0 bridgehead atoms. The fourth-order valence-corrected chi connectivity index (χ4v) is 4.35. The van der Waals surface area contributed by atoms with Gasteiger partial charge in [-0.1, -0.05) is 33.1 Å². The van der Waals surface area contributed by atoms with Gasteiger partial charge < -0.3 is 10.2 Å². The molecule has 0 aromatic rings. The van der Waals surface area contributed by atoms with Crippen LogP contribution in [-0.4, -0.2) is 61.7 Å². The van der Waals surface area contributed by atoms with Gasteiger partial charge in [-0.05, 0) is 58.3 Å². The molecule has 1 aliphatic carbocycles. The Morgan fingerprint density at radius 1 is 1.05 bits per heavy atom. The van der Waals surface area contributed by atoms with E-state index in [0.29, 0.717) is 6.04 Å². The van der Waals surface area contributed by atoms with E-state index in [1.807, 2.05) is 0 Å². The second-order valence-corrected chi connectivity index (χ2v) is 7.24. The molecular weight excluding hydrogens is 258 g/mol. The SMILES string of the molecule is CCNC(CN1CCCN(C)CC1CC)C1CCCCC1. The van der Waals surface area contributed by atoms with Crippen molar-refractivity contribution in [3.63, 3.8) is 0 Å². The molecule has 2 atom stereocenters. The largest absolute Gasteiger partial charge is 0.313 e. The number of nitrogens with one attached hydrogen (secondary N) is 1. The third kappa shape index (κ3) is 5.22. The van der Waals surface area contributed by atoms with Crippen molar-refractivity contribution in [2.75, 3.05) is 39.8 Å². The van der Waals surface area contributed by atoms with Crippen molar-refractivity contribution in [3.8, 4) is 0 Å². The van der Waals surface area contributed by atoms with E-state index in [0.717, 1.165) is 18.5 Å². The van der Waals surface area contributed by atoms with Gasteiger partial charge in [0.05, 0.1) is 0 Å². The van der Waals surface area contributed by atoms with Gasteiger partial charge in [0.25, 0.3) is 0 Å². The maximum atomic E-state index is 3.82. The molecule has 2 unspecified atom stereocenters. The van der Waals surface area contributed by atoms with Crippen LogP contribution in [-0.2, 0) is 0 Å². The first-order valence-corrected chi connectivity index (χ1v) is 9.40. The van der Waals surface area contributed by atoms with E-state index < -0.39 is 0 Å². The molecule has 1 saturated heterocycles. The lowest BCUT2D eigenvalue weighted by Crippen LogP contribution is -2.50. The van der Waals surface area contributed by atoms with Gasteiger partial charge in [-0.15, -0.1) is 0 Å². The number of hydrogen-bond acceptors (Lipinski definition) is 3. The van der Waals surface area contributed by atoms with Crippen molar-refractivity contribution in [2.45, 2.75) is 70.9 Å². The molecule has 124 valence electrons. The van der Waals surface area contributed by atoms with E-state index in [4.69, 9.17) is 0 Å². The highest BCUT2D eigenvalue weighted by Gasteiger charge is 2.28. The Balaban J connectivity index is 1.96. The molecule has 2 aliphatic rings. The first-order chi connectivity index (χ1) is 10.2. The zero-order chi connectivity index (χ0) is 15.1. The van der Waals surface area contributed by atoms with Crippen molar-refractivity contribution in [1.29, 1.82) is 0 Å². The van der Waals surface area contributed by atoms with Gasteiger partial charge in [-0.2, -0.15) is 0 Å². The van der Waals surface area contributed by atoms with Crippen LogP contribution in [0.1, 0.15) is 58.8 Å². The molecule has 2 fully saturated rings. The lowest BCUT2D eigenvalue weighted by molar-refractivity contribution is 0.138. The highest BCUT2D eigenvalue weighted by molar-refractivity contribution is 4.86. The summed E-state index contributed by atoms with van der Waals surface area (Å²) in [6.07, 6.45) is 9.87. The van der Waals surface area contributed by atoms with Crippen molar-refractivity contribution in [3.05, 3.63) is 0 Å². The highest BCUT2D eigenvalue weighted by atomic mass is 15.2. The van der Waals surface area contributed by atoms with E-state index in [1.54, 1.807) is 0 Å². The van der Waals surface area contributed by atoms with Crippen LogP contribution in [0.5, 0.6) is 0 Å². The number of likely N-dealkylation sites (N-methyl/N-ethyl adjacent to an activating group) is 2. The Morgan fingerprint density at radius 2 is 1.81 bits per heavy atom. The molecule has 3 nitrogen and oxygen atoms in total. The summed E-state index contributed by atoms with van der Waals surface area (Å²) in [5.74, 6) is 0.914. The smallest absolute Gasteiger partial charge is 0.0223 e. The summed E-state index contributed by atoms with van der Waals surface area (Å²) < 4.78 is 0. The fraction of sp³-hybridized carbons (Fsp3) is 1.00. The average Bonchev–Trinajstić information content (AvgIpc) is 2.69. The number of nitrogens with zero attached hydrogens (tertiary/aromatic N) is 2. The molecule has 0 spiro atoms. The van der Waals surface area contributed by atoms with Crippen LogP contribution < -0.4 is 5.32 Å². The third-order valence-electron chi connectivity index (χ3n) is 5.61. The van der Waals surface area contributed by atoms with Crippen LogP contribution in [0, 0.1) is 5.92 Å². The summed E-state index contributed by atoms with van der Waals surface area (Å²) in [6.45, 7) is 10.8. The molecule has 1 heterocycles. The molecule has 1 saturated carbocycles. The summed E-state index contributed by atoms with van der Waals surface area (Å²) >= 11 is 0. The first kappa shape index (κ1) is 17.2. The Bertz CT molecular complexity index is 276. The van der Waals surface area contributed by atoms with Crippen LogP contribution in [0.25, 0.3) is 0 Å². The Morgan fingerprint density at radius 3 is 2.48 bits per heavy atom. The highest BCUT2D eigenvalue weighted by Crippen LogP contribution is 2.27. The van der Waals surface area contributed by atoms with E-state index in [1.165, 1.54) is 71.1 Å². The molecule has 1 N–H and O–H groups in total. The molecule has 0 radical (unpaired) electrons. The van der Waals surface area contributed by atoms with Gasteiger partial charge in [0.2, 0.25) is 0 Å². The molecule has 0 aromatic heterocycles. The van der Waals surface area contributed by atoms with Crippen molar-refractivity contribution >= 4 is 0 Å². The summed E-state index contributed by atoms with van der Waals surface area (Å²) in [5, 5.41) is 3.82. The lowest BCUT2D eigenvalue weighted by atomic mass is 9.83. The van der Waals surface area contributed by atoms with E-state index >= 15 is 0 Å². The van der Waals surface area contributed by atoms with Crippen LogP contribution in [0.15, 0.2) is 0 Å². The second-order valence-electron chi connectivity index (χ2n) is 7.24. The van der Waals surface area contributed by atoms with Gasteiger partial charge in [0, 0.05) is 25.2 Å². The monoisotopic (exact) mass is 295 g/mol. The predicted molar refractivity (Wildman–Crippen MR) is 91.8 cm³/mol. The summed E-state index contributed by atoms with van der Waals surface area (Å²) in [5.41, 5.74) is 0. The Labute approximate surface area is 132 Å². The summed E-state index contributed by atoms with van der Waals surface area (Å²) in [6, 6.07) is 1.47. The summed E-state index contributed by atoms with van der Waals surface area (Å²) in [7, 11) is 2.29. The van der Waals surface area contributed by atoms with Gasteiger partial charge in [-0.3, -0.25) is 4.90 Å². The first-order valence-electron chi connectivity index (χ1n) is 9.40. The third-order valence-corrected chi connectivity index (χ3v) is 5.61. The minimum absolute atomic E-state index is 0.716. The minimum Gasteiger partial charge on any atom is -0.313 e. The maximum Gasteiger partial charge on any atom is 0.0223 e. The van der Waals surface area contributed by atoms with Gasteiger partial charge in [0.1, 0.15) is 0 Å². The average molecular weight is 296 g/mol. The van der Waals surface area contributed by atoms with E-state index in [9.17, 15) is 0 Å².